The molecular weight excluding hydrogens is 437 g/mol. The van der Waals surface area contributed by atoms with E-state index >= 15 is 0 Å². The highest BCUT2D eigenvalue weighted by atomic mass is 35.5. The molecule has 2 aromatic rings. The van der Waals surface area contributed by atoms with E-state index < -0.39 is 0 Å². The number of nitrogens with zero attached hydrogens (tertiary/aromatic N) is 2. The molecule has 0 aromatic heterocycles. The summed E-state index contributed by atoms with van der Waals surface area (Å²) >= 11 is 12.3. The number of carbonyl (C=O) groups excluding carboxylic acids is 3. The van der Waals surface area contributed by atoms with Crippen LogP contribution in [0.15, 0.2) is 54.6 Å². The van der Waals surface area contributed by atoms with Crippen LogP contribution >= 0.6 is 23.2 Å². The minimum absolute atomic E-state index is 0.169. The quantitative estimate of drug-likeness (QED) is 0.698. The maximum Gasteiger partial charge on any atom is 0.253 e. The Labute approximate surface area is 190 Å². The first kappa shape index (κ1) is 21.4. The highest BCUT2D eigenvalue weighted by molar-refractivity contribution is 6.42. The molecule has 1 saturated heterocycles. The molecule has 1 N–H and O–H groups in total. The SMILES string of the molecule is CN(Cc1cccc(Cl)c1Cl)C(=O)c1cccc(N2NC(=O)C3CC=CCC3C2=O)c1. The van der Waals surface area contributed by atoms with Crippen LogP contribution < -0.4 is 10.4 Å². The van der Waals surface area contributed by atoms with Crippen LogP contribution in [-0.2, 0) is 16.1 Å². The lowest BCUT2D eigenvalue weighted by atomic mass is 9.80. The molecule has 1 heterocycles. The van der Waals surface area contributed by atoms with E-state index in [1.165, 1.54) is 9.91 Å². The van der Waals surface area contributed by atoms with Gasteiger partial charge in [-0.1, -0.05) is 53.6 Å². The predicted octanol–water partition coefficient (Wildman–Crippen LogP) is 4.23. The van der Waals surface area contributed by atoms with Crippen molar-refractivity contribution < 1.29 is 14.4 Å². The number of rotatable bonds is 4. The predicted molar refractivity (Wildman–Crippen MR) is 120 cm³/mol. The third-order valence-electron chi connectivity index (χ3n) is 5.67. The van der Waals surface area contributed by atoms with Crippen LogP contribution in [0.5, 0.6) is 0 Å². The van der Waals surface area contributed by atoms with Crippen LogP contribution in [-0.4, -0.2) is 29.7 Å². The molecule has 2 atom stereocenters. The van der Waals surface area contributed by atoms with Crippen LogP contribution in [0.25, 0.3) is 0 Å². The molecule has 0 bridgehead atoms. The van der Waals surface area contributed by atoms with Gasteiger partial charge in [-0.05, 0) is 42.7 Å². The van der Waals surface area contributed by atoms with Crippen molar-refractivity contribution in [3.63, 3.8) is 0 Å². The lowest BCUT2D eigenvalue weighted by Crippen LogP contribution is -2.59. The second-order valence-corrected chi connectivity index (χ2v) is 8.52. The summed E-state index contributed by atoms with van der Waals surface area (Å²) in [7, 11) is 1.67. The molecule has 4 rings (SSSR count). The zero-order valence-electron chi connectivity index (χ0n) is 16.8. The molecule has 0 radical (unpaired) electrons. The van der Waals surface area contributed by atoms with Crippen LogP contribution in [0, 0.1) is 11.8 Å². The molecule has 1 fully saturated rings. The van der Waals surface area contributed by atoms with Crippen molar-refractivity contribution in [2.24, 2.45) is 11.8 Å². The van der Waals surface area contributed by atoms with Crippen molar-refractivity contribution in [3.8, 4) is 0 Å². The third-order valence-corrected chi connectivity index (χ3v) is 6.52. The normalized spacial score (nSPS) is 20.3. The van der Waals surface area contributed by atoms with Gasteiger partial charge >= 0.3 is 0 Å². The summed E-state index contributed by atoms with van der Waals surface area (Å²) < 4.78 is 0. The van der Waals surface area contributed by atoms with Crippen LogP contribution in [0.3, 0.4) is 0 Å². The van der Waals surface area contributed by atoms with Gasteiger partial charge < -0.3 is 4.90 Å². The lowest BCUT2D eigenvalue weighted by Gasteiger charge is -2.38. The van der Waals surface area contributed by atoms with E-state index in [-0.39, 0.29) is 36.1 Å². The maximum atomic E-state index is 13.0. The Balaban J connectivity index is 1.54. The molecule has 0 saturated carbocycles. The monoisotopic (exact) mass is 457 g/mol. The van der Waals surface area contributed by atoms with Gasteiger partial charge in [-0.25, -0.2) is 5.01 Å². The number of hydrogen-bond acceptors (Lipinski definition) is 3. The molecule has 2 unspecified atom stereocenters. The molecule has 2 aliphatic rings. The van der Waals surface area contributed by atoms with E-state index in [1.54, 1.807) is 43.4 Å². The number of fused-ring (bicyclic) bond motifs is 1. The Morgan fingerprint density at radius 2 is 1.81 bits per heavy atom. The number of hydrazine groups is 1. The summed E-state index contributed by atoms with van der Waals surface area (Å²) in [6.45, 7) is 0.276. The summed E-state index contributed by atoms with van der Waals surface area (Å²) in [4.78, 5) is 40.0. The summed E-state index contributed by atoms with van der Waals surface area (Å²) in [6.07, 6.45) is 4.97. The first-order valence-electron chi connectivity index (χ1n) is 9.94. The van der Waals surface area contributed by atoms with E-state index in [2.05, 4.69) is 5.43 Å². The first-order chi connectivity index (χ1) is 14.9. The van der Waals surface area contributed by atoms with Gasteiger partial charge in [0, 0.05) is 19.2 Å². The molecule has 1 aliphatic heterocycles. The standard InChI is InChI=1S/C23H21Cl2N3O3/c1-27(13-15-7-5-11-19(24)20(15)25)22(30)14-6-4-8-16(12-14)28-23(31)18-10-3-2-9-17(18)21(29)26-28/h2-8,11-12,17-18H,9-10,13H2,1H3,(H,26,29). The zero-order chi connectivity index (χ0) is 22.1. The molecule has 160 valence electrons. The Kier molecular flexibility index (Phi) is 6.03. The molecule has 8 heteroatoms. The Morgan fingerprint density at radius 1 is 1.10 bits per heavy atom. The summed E-state index contributed by atoms with van der Waals surface area (Å²) in [5, 5.41) is 2.10. The molecule has 6 nitrogen and oxygen atoms in total. The molecule has 1 aliphatic carbocycles. The second kappa shape index (κ2) is 8.73. The van der Waals surface area contributed by atoms with Crippen LogP contribution in [0.1, 0.15) is 28.8 Å². The van der Waals surface area contributed by atoms with E-state index in [4.69, 9.17) is 23.2 Å². The van der Waals surface area contributed by atoms with E-state index in [9.17, 15) is 14.4 Å². The topological polar surface area (TPSA) is 69.7 Å². The number of carbonyl (C=O) groups is 3. The van der Waals surface area contributed by atoms with Crippen LogP contribution in [0.4, 0.5) is 5.69 Å². The van der Waals surface area contributed by atoms with Crippen molar-refractivity contribution >= 4 is 46.6 Å². The Hall–Kier alpha value is -2.83. The van der Waals surface area contributed by atoms with Gasteiger partial charge in [0.15, 0.2) is 0 Å². The fourth-order valence-electron chi connectivity index (χ4n) is 3.98. The summed E-state index contributed by atoms with van der Waals surface area (Å²) in [6, 6.07) is 11.9. The number of benzene rings is 2. The highest BCUT2D eigenvalue weighted by Crippen LogP contribution is 2.32. The number of hydrogen-bond donors (Lipinski definition) is 1. The molecule has 31 heavy (non-hydrogen) atoms. The number of amides is 3. The van der Waals surface area contributed by atoms with Gasteiger partial charge in [0.25, 0.3) is 5.91 Å². The van der Waals surface area contributed by atoms with Crippen molar-refractivity contribution in [3.05, 3.63) is 75.8 Å². The molecular formula is C23H21Cl2N3O3. The third kappa shape index (κ3) is 4.18. The molecule has 0 spiro atoms. The Bertz CT molecular complexity index is 1090. The van der Waals surface area contributed by atoms with Gasteiger partial charge in [-0.2, -0.15) is 0 Å². The van der Waals surface area contributed by atoms with Crippen molar-refractivity contribution in [2.75, 3.05) is 12.1 Å². The van der Waals surface area contributed by atoms with E-state index in [0.29, 0.717) is 34.1 Å². The van der Waals surface area contributed by atoms with Crippen molar-refractivity contribution in [1.82, 2.24) is 10.3 Å². The second-order valence-electron chi connectivity index (χ2n) is 7.73. The fourth-order valence-corrected chi connectivity index (χ4v) is 4.36. The number of nitrogens with one attached hydrogen (secondary N) is 1. The Morgan fingerprint density at radius 3 is 2.58 bits per heavy atom. The van der Waals surface area contributed by atoms with Gasteiger partial charge in [0.05, 0.1) is 27.6 Å². The van der Waals surface area contributed by atoms with Gasteiger partial charge in [0.2, 0.25) is 11.8 Å². The van der Waals surface area contributed by atoms with Gasteiger partial charge in [0.1, 0.15) is 0 Å². The van der Waals surface area contributed by atoms with E-state index in [0.717, 1.165) is 5.56 Å². The van der Waals surface area contributed by atoms with Crippen molar-refractivity contribution in [1.29, 1.82) is 0 Å². The van der Waals surface area contributed by atoms with E-state index in [1.807, 2.05) is 18.2 Å². The van der Waals surface area contributed by atoms with Crippen LogP contribution in [0.2, 0.25) is 10.0 Å². The first-order valence-corrected chi connectivity index (χ1v) is 10.7. The minimum atomic E-state index is -0.384. The fraction of sp³-hybridized carbons (Fsp3) is 0.261. The molecule has 2 aromatic carbocycles. The number of anilines is 1. The largest absolute Gasteiger partial charge is 0.337 e. The summed E-state index contributed by atoms with van der Waals surface area (Å²) in [5.41, 5.74) is 4.26. The van der Waals surface area contributed by atoms with Gasteiger partial charge in [-0.3, -0.25) is 19.8 Å². The smallest absolute Gasteiger partial charge is 0.253 e. The number of allylic oxidation sites excluding steroid dienone is 2. The zero-order valence-corrected chi connectivity index (χ0v) is 18.4. The summed E-state index contributed by atoms with van der Waals surface area (Å²) in [5.74, 6) is -1.32. The average Bonchev–Trinajstić information content (AvgIpc) is 2.79. The molecule has 3 amide bonds. The van der Waals surface area contributed by atoms with Gasteiger partial charge in [-0.15, -0.1) is 0 Å². The number of halogens is 2. The van der Waals surface area contributed by atoms with Crippen molar-refractivity contribution in [2.45, 2.75) is 19.4 Å². The average molecular weight is 458 g/mol. The minimum Gasteiger partial charge on any atom is -0.337 e. The highest BCUT2D eigenvalue weighted by Gasteiger charge is 2.42. The maximum absolute atomic E-state index is 13.0. The lowest BCUT2D eigenvalue weighted by molar-refractivity contribution is -0.139.